The maximum absolute atomic E-state index is 12.6. The van der Waals surface area contributed by atoms with Crippen LogP contribution in [-0.4, -0.2) is 38.0 Å². The zero-order valence-electron chi connectivity index (χ0n) is 16.2. The minimum absolute atomic E-state index is 0.0343. The number of hydrogen-bond acceptors (Lipinski definition) is 4. The molecule has 2 amide bonds. The number of anilines is 2. The molecule has 0 radical (unpaired) electrons. The molecular weight excluding hydrogens is 340 g/mol. The second-order valence-electron chi connectivity index (χ2n) is 8.02. The summed E-state index contributed by atoms with van der Waals surface area (Å²) in [5.74, 6) is 0.784. The van der Waals surface area contributed by atoms with Gasteiger partial charge in [0.15, 0.2) is 0 Å². The fraction of sp³-hybridized carbons (Fsp3) is 0.619. The number of carbonyl (C=O) groups excluding carboxylic acids is 2. The van der Waals surface area contributed by atoms with E-state index >= 15 is 0 Å². The van der Waals surface area contributed by atoms with E-state index in [1.165, 1.54) is 12.8 Å². The smallest absolute Gasteiger partial charge is 0.224 e. The predicted octanol–water partition coefficient (Wildman–Crippen LogP) is 2.35. The topological polar surface area (TPSA) is 87.5 Å². The van der Waals surface area contributed by atoms with Crippen LogP contribution in [0.3, 0.4) is 0 Å². The molecule has 148 valence electrons. The van der Waals surface area contributed by atoms with Gasteiger partial charge in [-0.05, 0) is 62.7 Å². The molecule has 0 saturated carbocycles. The largest absolute Gasteiger partial charge is 0.370 e. The average Bonchev–Trinajstić information content (AvgIpc) is 2.69. The average molecular weight is 373 g/mol. The molecule has 1 aromatic carbocycles. The number of nitrogens with two attached hydrogens (primary N) is 1. The molecule has 2 heterocycles. The Morgan fingerprint density at radius 1 is 1.26 bits per heavy atom. The van der Waals surface area contributed by atoms with Crippen molar-refractivity contribution in [3.05, 3.63) is 24.3 Å². The van der Waals surface area contributed by atoms with Crippen LogP contribution in [0, 0.1) is 17.8 Å². The van der Waals surface area contributed by atoms with Crippen molar-refractivity contribution < 1.29 is 9.59 Å². The van der Waals surface area contributed by atoms with E-state index in [1.54, 1.807) is 0 Å². The Bertz CT molecular complexity index is 649. The van der Waals surface area contributed by atoms with Crippen molar-refractivity contribution in [2.75, 3.05) is 36.4 Å². The van der Waals surface area contributed by atoms with E-state index < -0.39 is 0 Å². The van der Waals surface area contributed by atoms with E-state index in [1.807, 2.05) is 24.3 Å². The lowest BCUT2D eigenvalue weighted by Crippen LogP contribution is -2.39. The predicted molar refractivity (Wildman–Crippen MR) is 109 cm³/mol. The van der Waals surface area contributed by atoms with E-state index in [2.05, 4.69) is 22.5 Å². The quantitative estimate of drug-likeness (QED) is 0.715. The number of primary amides is 1. The molecule has 2 saturated heterocycles. The summed E-state index contributed by atoms with van der Waals surface area (Å²) < 4.78 is 0. The van der Waals surface area contributed by atoms with Gasteiger partial charge in [-0.2, -0.15) is 0 Å². The molecule has 0 aromatic heterocycles. The molecule has 2 atom stereocenters. The van der Waals surface area contributed by atoms with E-state index in [0.29, 0.717) is 18.3 Å². The van der Waals surface area contributed by atoms with Crippen LogP contribution in [0.2, 0.25) is 0 Å². The van der Waals surface area contributed by atoms with Gasteiger partial charge in [0.25, 0.3) is 0 Å². The number of piperidine rings is 2. The van der Waals surface area contributed by atoms with Gasteiger partial charge in [-0.3, -0.25) is 9.59 Å². The number of amides is 2. The molecule has 2 unspecified atom stereocenters. The van der Waals surface area contributed by atoms with Gasteiger partial charge in [0, 0.05) is 25.4 Å². The van der Waals surface area contributed by atoms with Gasteiger partial charge >= 0.3 is 0 Å². The molecule has 0 spiro atoms. The molecule has 0 aliphatic carbocycles. The van der Waals surface area contributed by atoms with Crippen LogP contribution in [0.5, 0.6) is 0 Å². The summed E-state index contributed by atoms with van der Waals surface area (Å²) in [6.45, 7) is 5.85. The summed E-state index contributed by atoms with van der Waals surface area (Å²) in [4.78, 5) is 26.3. The summed E-state index contributed by atoms with van der Waals surface area (Å²) in [7, 11) is 0. The first-order valence-corrected chi connectivity index (χ1v) is 10.2. The lowest BCUT2D eigenvalue weighted by atomic mass is 9.85. The molecule has 27 heavy (non-hydrogen) atoms. The van der Waals surface area contributed by atoms with Gasteiger partial charge in [-0.25, -0.2) is 0 Å². The van der Waals surface area contributed by atoms with Crippen molar-refractivity contribution >= 4 is 23.2 Å². The highest BCUT2D eigenvalue weighted by Gasteiger charge is 2.25. The number of carbonyl (C=O) groups is 2. The number of para-hydroxylation sites is 2. The maximum Gasteiger partial charge on any atom is 0.224 e. The highest BCUT2D eigenvalue weighted by molar-refractivity contribution is 5.94. The normalized spacial score (nSPS) is 22.3. The third-order valence-corrected chi connectivity index (χ3v) is 6.06. The molecular formula is C21H32N4O2. The standard InChI is InChI=1S/C21H32N4O2/c1-15(17-5-4-10-23-14-17)13-20(26)24-18-6-2-3-7-19(18)25-11-8-16(9-12-25)21(22)27/h2-3,6-7,15-17,23H,4-5,8-14H2,1H3,(H2,22,27)(H,24,26). The molecule has 2 fully saturated rings. The molecule has 6 nitrogen and oxygen atoms in total. The fourth-order valence-corrected chi connectivity index (χ4v) is 4.28. The highest BCUT2D eigenvalue weighted by Crippen LogP contribution is 2.30. The van der Waals surface area contributed by atoms with Crippen molar-refractivity contribution in [1.82, 2.24) is 5.32 Å². The number of nitrogens with zero attached hydrogens (tertiary/aromatic N) is 1. The first-order valence-electron chi connectivity index (χ1n) is 10.2. The van der Waals surface area contributed by atoms with Crippen LogP contribution in [-0.2, 0) is 9.59 Å². The van der Waals surface area contributed by atoms with Crippen molar-refractivity contribution in [1.29, 1.82) is 0 Å². The van der Waals surface area contributed by atoms with Gasteiger partial charge in [0.05, 0.1) is 11.4 Å². The highest BCUT2D eigenvalue weighted by atomic mass is 16.2. The lowest BCUT2D eigenvalue weighted by molar-refractivity contribution is -0.122. The minimum Gasteiger partial charge on any atom is -0.370 e. The van der Waals surface area contributed by atoms with E-state index in [0.717, 1.165) is 50.4 Å². The number of benzene rings is 1. The molecule has 3 rings (SSSR count). The second kappa shape index (κ2) is 9.22. The number of nitrogens with one attached hydrogen (secondary N) is 2. The molecule has 6 heteroatoms. The van der Waals surface area contributed by atoms with Crippen molar-refractivity contribution in [2.45, 2.75) is 39.0 Å². The van der Waals surface area contributed by atoms with E-state index in [9.17, 15) is 9.59 Å². The molecule has 4 N–H and O–H groups in total. The monoisotopic (exact) mass is 372 g/mol. The van der Waals surface area contributed by atoms with Gasteiger partial charge in [0.2, 0.25) is 11.8 Å². The molecule has 0 bridgehead atoms. The Labute approximate surface area is 161 Å². The minimum atomic E-state index is -0.206. The van der Waals surface area contributed by atoms with Gasteiger partial charge in [0.1, 0.15) is 0 Å². The van der Waals surface area contributed by atoms with E-state index in [4.69, 9.17) is 5.73 Å². The maximum atomic E-state index is 12.6. The van der Waals surface area contributed by atoms with Gasteiger partial charge in [-0.15, -0.1) is 0 Å². The van der Waals surface area contributed by atoms with Crippen molar-refractivity contribution in [2.24, 2.45) is 23.5 Å². The summed E-state index contributed by atoms with van der Waals surface area (Å²) in [5, 5.41) is 6.55. The Hall–Kier alpha value is -2.08. The Morgan fingerprint density at radius 3 is 2.67 bits per heavy atom. The third-order valence-electron chi connectivity index (χ3n) is 6.06. The first kappa shape index (κ1) is 19.7. The van der Waals surface area contributed by atoms with Crippen molar-refractivity contribution in [3.8, 4) is 0 Å². The lowest BCUT2D eigenvalue weighted by Gasteiger charge is -2.33. The Balaban J connectivity index is 1.59. The van der Waals surface area contributed by atoms with Gasteiger partial charge < -0.3 is 21.3 Å². The zero-order valence-corrected chi connectivity index (χ0v) is 16.2. The number of rotatable bonds is 6. The first-order chi connectivity index (χ1) is 13.0. The third kappa shape index (κ3) is 5.22. The van der Waals surface area contributed by atoms with Crippen LogP contribution in [0.15, 0.2) is 24.3 Å². The molecule has 2 aliphatic heterocycles. The zero-order chi connectivity index (χ0) is 19.2. The van der Waals surface area contributed by atoms with E-state index in [-0.39, 0.29) is 17.7 Å². The summed E-state index contributed by atoms with van der Waals surface area (Å²) >= 11 is 0. The molecule has 1 aromatic rings. The Morgan fingerprint density at radius 2 is 2.00 bits per heavy atom. The van der Waals surface area contributed by atoms with Crippen LogP contribution < -0.4 is 21.3 Å². The van der Waals surface area contributed by atoms with Crippen LogP contribution in [0.1, 0.15) is 39.0 Å². The molecule has 2 aliphatic rings. The second-order valence-corrected chi connectivity index (χ2v) is 8.02. The van der Waals surface area contributed by atoms with Crippen LogP contribution in [0.4, 0.5) is 11.4 Å². The van der Waals surface area contributed by atoms with Crippen LogP contribution >= 0.6 is 0 Å². The Kier molecular flexibility index (Phi) is 6.72. The number of hydrogen-bond donors (Lipinski definition) is 3. The fourth-order valence-electron chi connectivity index (χ4n) is 4.28. The summed E-state index contributed by atoms with van der Waals surface area (Å²) in [5.41, 5.74) is 7.32. The summed E-state index contributed by atoms with van der Waals surface area (Å²) in [6, 6.07) is 7.93. The van der Waals surface area contributed by atoms with Crippen LogP contribution in [0.25, 0.3) is 0 Å². The summed E-state index contributed by atoms with van der Waals surface area (Å²) in [6.07, 6.45) is 4.48. The SMILES string of the molecule is CC(CC(=O)Nc1ccccc1N1CCC(C(N)=O)CC1)C1CCCNC1. The van der Waals surface area contributed by atoms with Gasteiger partial charge in [-0.1, -0.05) is 19.1 Å². The van der Waals surface area contributed by atoms with Crippen molar-refractivity contribution in [3.63, 3.8) is 0 Å².